The van der Waals surface area contributed by atoms with Gasteiger partial charge in [0.25, 0.3) is 11.8 Å². The number of aliphatic imine (C=N–C) groups is 1. The highest BCUT2D eigenvalue weighted by Gasteiger charge is 2.30. The van der Waals surface area contributed by atoms with E-state index in [0.717, 1.165) is 66.0 Å². The Balaban J connectivity index is 1.44. The van der Waals surface area contributed by atoms with Crippen molar-refractivity contribution in [3.05, 3.63) is 58.3 Å². The van der Waals surface area contributed by atoms with Crippen molar-refractivity contribution in [1.82, 2.24) is 4.90 Å². The number of hydrogen-bond acceptors (Lipinski definition) is 5. The number of ether oxygens (including phenoxy) is 2. The van der Waals surface area contributed by atoms with Crippen LogP contribution in [0.2, 0.25) is 0 Å². The summed E-state index contributed by atoms with van der Waals surface area (Å²) in [6, 6.07) is 9.42. The molecule has 0 bridgehead atoms. The second-order valence-electron chi connectivity index (χ2n) is 8.85. The number of rotatable bonds is 6. The fourth-order valence-electron chi connectivity index (χ4n) is 4.50. The zero-order valence-corrected chi connectivity index (χ0v) is 20.2. The topological polar surface area (TPSA) is 80.2 Å². The molecule has 0 spiro atoms. The lowest BCUT2D eigenvalue weighted by Crippen LogP contribution is -2.31. The molecule has 0 aliphatic carbocycles. The summed E-state index contributed by atoms with van der Waals surface area (Å²) in [4.78, 5) is 31.6. The molecule has 0 saturated carbocycles. The van der Waals surface area contributed by atoms with Gasteiger partial charge < -0.3 is 14.8 Å². The summed E-state index contributed by atoms with van der Waals surface area (Å²) >= 11 is 0. The lowest BCUT2D eigenvalue weighted by atomic mass is 10.1. The molecule has 2 aliphatic heterocycles. The number of carbonyl (C=O) groups is 2. The Kier molecular flexibility index (Phi) is 7.01. The van der Waals surface area contributed by atoms with Crippen LogP contribution >= 0.6 is 0 Å². The minimum absolute atomic E-state index is 0.0467. The number of amides is 2. The van der Waals surface area contributed by atoms with E-state index in [9.17, 15) is 9.59 Å². The van der Waals surface area contributed by atoms with E-state index in [4.69, 9.17) is 9.47 Å². The molecular weight excluding hydrogens is 430 g/mol. The van der Waals surface area contributed by atoms with Gasteiger partial charge in [0, 0.05) is 18.7 Å². The highest BCUT2D eigenvalue weighted by Crippen LogP contribution is 2.31. The maximum absolute atomic E-state index is 12.8. The second kappa shape index (κ2) is 10.1. The average Bonchev–Trinajstić information content (AvgIpc) is 2.96. The lowest BCUT2D eigenvalue weighted by Gasteiger charge is -2.15. The van der Waals surface area contributed by atoms with Gasteiger partial charge in [0.15, 0.2) is 18.1 Å². The number of carbonyl (C=O) groups excluding carboxylic acids is 2. The number of nitrogens with zero attached hydrogens (tertiary/aromatic N) is 2. The fraction of sp³-hybridized carbons (Fsp3) is 0.370. The fourth-order valence-corrected chi connectivity index (χ4v) is 4.50. The zero-order valence-electron chi connectivity index (χ0n) is 20.2. The molecule has 1 N–H and O–H groups in total. The van der Waals surface area contributed by atoms with E-state index in [1.54, 1.807) is 30.2 Å². The molecule has 7 heteroatoms. The summed E-state index contributed by atoms with van der Waals surface area (Å²) in [5.41, 5.74) is 5.21. The van der Waals surface area contributed by atoms with Crippen molar-refractivity contribution in [3.63, 3.8) is 0 Å². The van der Waals surface area contributed by atoms with E-state index in [2.05, 4.69) is 10.3 Å². The first-order valence-corrected chi connectivity index (χ1v) is 11.7. The van der Waals surface area contributed by atoms with Gasteiger partial charge in [0.05, 0.1) is 7.11 Å². The molecule has 0 radical (unpaired) electrons. The maximum atomic E-state index is 12.8. The third kappa shape index (κ3) is 5.14. The summed E-state index contributed by atoms with van der Waals surface area (Å²) in [6.45, 7) is 6.56. The first kappa shape index (κ1) is 23.5. The highest BCUT2D eigenvalue weighted by atomic mass is 16.5. The van der Waals surface area contributed by atoms with Crippen LogP contribution in [0.15, 0.2) is 41.0 Å². The Bertz CT molecular complexity index is 1160. The monoisotopic (exact) mass is 461 g/mol. The summed E-state index contributed by atoms with van der Waals surface area (Å²) < 4.78 is 11.2. The summed E-state index contributed by atoms with van der Waals surface area (Å²) in [5.74, 6) is 1.51. The van der Waals surface area contributed by atoms with Gasteiger partial charge in [-0.2, -0.15) is 0 Å². The minimum atomic E-state index is -0.247. The first-order valence-electron chi connectivity index (χ1n) is 11.7. The van der Waals surface area contributed by atoms with E-state index in [0.29, 0.717) is 17.2 Å². The van der Waals surface area contributed by atoms with Crippen molar-refractivity contribution < 1.29 is 19.1 Å². The van der Waals surface area contributed by atoms with E-state index >= 15 is 0 Å². The van der Waals surface area contributed by atoms with Crippen LogP contribution in [0.3, 0.4) is 0 Å². The molecule has 1 fully saturated rings. The van der Waals surface area contributed by atoms with Crippen molar-refractivity contribution in [2.24, 2.45) is 4.99 Å². The Morgan fingerprint density at radius 1 is 1.09 bits per heavy atom. The number of hydrogen-bond donors (Lipinski definition) is 1. The van der Waals surface area contributed by atoms with E-state index < -0.39 is 0 Å². The standard InChI is InChI=1S/C27H31N3O4/c1-17-12-18(2)26(19(3)13-17)29-25(31)16-34-22-10-9-20(15-23(22)33-4)14-21-27(32)30-11-7-5-6-8-24(30)28-21/h9-10,12-15H,5-8,11,16H2,1-4H3,(H,29,31). The maximum Gasteiger partial charge on any atom is 0.277 e. The van der Waals surface area contributed by atoms with Gasteiger partial charge in [-0.05, 0) is 68.5 Å². The molecule has 0 atom stereocenters. The average molecular weight is 462 g/mol. The predicted molar refractivity (Wildman–Crippen MR) is 133 cm³/mol. The van der Waals surface area contributed by atoms with Crippen molar-refractivity contribution >= 4 is 29.4 Å². The van der Waals surface area contributed by atoms with Crippen LogP contribution < -0.4 is 14.8 Å². The van der Waals surface area contributed by atoms with Gasteiger partial charge in [-0.1, -0.05) is 30.2 Å². The molecule has 2 aromatic rings. The molecule has 2 aromatic carbocycles. The van der Waals surface area contributed by atoms with Crippen LogP contribution in [0.5, 0.6) is 11.5 Å². The van der Waals surface area contributed by atoms with Crippen LogP contribution in [0, 0.1) is 20.8 Å². The van der Waals surface area contributed by atoms with Gasteiger partial charge in [-0.25, -0.2) is 4.99 Å². The number of nitrogens with one attached hydrogen (secondary N) is 1. The molecule has 1 saturated heterocycles. The van der Waals surface area contributed by atoms with Crippen molar-refractivity contribution in [2.75, 3.05) is 25.6 Å². The van der Waals surface area contributed by atoms with Crippen molar-refractivity contribution in [3.8, 4) is 11.5 Å². The smallest absolute Gasteiger partial charge is 0.277 e. The van der Waals surface area contributed by atoms with Crippen LogP contribution in [0.4, 0.5) is 5.69 Å². The summed E-state index contributed by atoms with van der Waals surface area (Å²) in [7, 11) is 1.54. The lowest BCUT2D eigenvalue weighted by molar-refractivity contribution is -0.122. The number of amidine groups is 1. The molecule has 0 unspecified atom stereocenters. The largest absolute Gasteiger partial charge is 0.493 e. The first-order chi connectivity index (χ1) is 16.4. The second-order valence-corrected chi connectivity index (χ2v) is 8.85. The van der Waals surface area contributed by atoms with E-state index in [-0.39, 0.29) is 18.4 Å². The number of benzene rings is 2. The van der Waals surface area contributed by atoms with Crippen molar-refractivity contribution in [2.45, 2.75) is 46.5 Å². The van der Waals surface area contributed by atoms with Gasteiger partial charge >= 0.3 is 0 Å². The molecule has 7 nitrogen and oxygen atoms in total. The van der Waals surface area contributed by atoms with Crippen LogP contribution in [-0.2, 0) is 9.59 Å². The minimum Gasteiger partial charge on any atom is -0.493 e. The van der Waals surface area contributed by atoms with Gasteiger partial charge in [0.2, 0.25) is 0 Å². The number of aryl methyl sites for hydroxylation is 3. The SMILES string of the molecule is COc1cc(C=C2N=C3CCCCCN3C2=O)ccc1OCC(=O)Nc1c(C)cc(C)cc1C. The third-order valence-electron chi connectivity index (χ3n) is 6.10. The normalized spacial score (nSPS) is 16.7. The number of fused-ring (bicyclic) bond motifs is 1. The van der Waals surface area contributed by atoms with Crippen molar-refractivity contribution in [1.29, 1.82) is 0 Å². The van der Waals surface area contributed by atoms with Crippen LogP contribution in [-0.4, -0.2) is 42.8 Å². The summed E-state index contributed by atoms with van der Waals surface area (Å²) in [6.07, 6.45) is 5.80. The number of methoxy groups -OCH3 is 1. The molecule has 2 amide bonds. The Morgan fingerprint density at radius 3 is 2.59 bits per heavy atom. The molecule has 2 heterocycles. The Labute approximate surface area is 200 Å². The predicted octanol–water partition coefficient (Wildman–Crippen LogP) is 4.79. The molecule has 2 aliphatic rings. The quantitative estimate of drug-likeness (QED) is 0.627. The van der Waals surface area contributed by atoms with E-state index in [1.807, 2.05) is 39.0 Å². The molecular formula is C27H31N3O4. The molecule has 178 valence electrons. The van der Waals surface area contributed by atoms with Gasteiger partial charge in [0.1, 0.15) is 11.5 Å². The van der Waals surface area contributed by atoms with Gasteiger partial charge in [-0.15, -0.1) is 0 Å². The van der Waals surface area contributed by atoms with Crippen LogP contribution in [0.1, 0.15) is 47.9 Å². The van der Waals surface area contributed by atoms with E-state index in [1.165, 1.54) is 0 Å². The molecule has 4 rings (SSSR count). The molecule has 34 heavy (non-hydrogen) atoms. The molecule has 0 aromatic heterocycles. The van der Waals surface area contributed by atoms with Gasteiger partial charge in [-0.3, -0.25) is 14.5 Å². The Morgan fingerprint density at radius 2 is 1.85 bits per heavy atom. The zero-order chi connectivity index (χ0) is 24.2. The van der Waals surface area contributed by atoms with Crippen LogP contribution in [0.25, 0.3) is 6.08 Å². The third-order valence-corrected chi connectivity index (χ3v) is 6.10. The Hall–Kier alpha value is -3.61. The summed E-state index contributed by atoms with van der Waals surface area (Å²) in [5, 5.41) is 2.94. The number of anilines is 1. The highest BCUT2D eigenvalue weighted by molar-refractivity contribution is 6.14.